The van der Waals surface area contributed by atoms with Crippen molar-refractivity contribution in [3.8, 4) is 0 Å². The Hall–Kier alpha value is -1.86. The van der Waals surface area contributed by atoms with E-state index in [0.717, 1.165) is 30.8 Å². The first kappa shape index (κ1) is 17.0. The summed E-state index contributed by atoms with van der Waals surface area (Å²) in [5.74, 6) is 0.298. The number of hydrogen-bond donors (Lipinski definition) is 2. The fourth-order valence-electron chi connectivity index (χ4n) is 2.61. The number of halogens is 2. The monoisotopic (exact) mass is 337 g/mol. The highest BCUT2D eigenvalue weighted by atomic mass is 19.1. The largest absolute Gasteiger partial charge is 0.387 e. The Morgan fingerprint density at radius 1 is 1.33 bits per heavy atom. The average molecular weight is 337 g/mol. The molecule has 1 aliphatic carbocycles. The van der Waals surface area contributed by atoms with Crippen LogP contribution < -0.4 is 5.32 Å². The Balaban J connectivity index is 1.66. The van der Waals surface area contributed by atoms with Crippen LogP contribution in [0.25, 0.3) is 0 Å². The van der Waals surface area contributed by atoms with Gasteiger partial charge >= 0.3 is 0 Å². The van der Waals surface area contributed by atoms with Crippen LogP contribution >= 0.6 is 0 Å². The molecule has 2 atom stereocenters. The summed E-state index contributed by atoms with van der Waals surface area (Å²) in [4.78, 5) is 4.43. The van der Waals surface area contributed by atoms with Gasteiger partial charge in [-0.3, -0.25) is 0 Å². The Morgan fingerprint density at radius 2 is 2.08 bits per heavy atom. The zero-order valence-electron chi connectivity index (χ0n) is 13.7. The van der Waals surface area contributed by atoms with Crippen LogP contribution in [0.1, 0.15) is 62.0 Å². The molecule has 1 aromatic heterocycles. The Kier molecular flexibility index (Phi) is 4.91. The van der Waals surface area contributed by atoms with Crippen LogP contribution in [-0.4, -0.2) is 21.8 Å². The zero-order valence-corrected chi connectivity index (χ0v) is 13.7. The molecular formula is C17H21F2N3O2. The van der Waals surface area contributed by atoms with Crippen LogP contribution in [0.4, 0.5) is 8.78 Å². The molecule has 1 aromatic carbocycles. The Labute approximate surface area is 139 Å². The van der Waals surface area contributed by atoms with E-state index in [1.54, 1.807) is 0 Å². The molecule has 130 valence electrons. The van der Waals surface area contributed by atoms with E-state index in [1.165, 1.54) is 6.07 Å². The third kappa shape index (κ3) is 3.79. The second-order valence-corrected chi connectivity index (χ2v) is 6.58. The second kappa shape index (κ2) is 6.94. The molecule has 0 saturated heterocycles. The molecule has 7 heteroatoms. The fourth-order valence-corrected chi connectivity index (χ4v) is 2.61. The van der Waals surface area contributed by atoms with E-state index in [1.807, 2.05) is 13.8 Å². The number of benzene rings is 1. The predicted octanol–water partition coefficient (Wildman–Crippen LogP) is 3.25. The quantitative estimate of drug-likeness (QED) is 0.811. The highest BCUT2D eigenvalue weighted by molar-refractivity contribution is 5.21. The number of aliphatic hydroxyl groups is 1. The van der Waals surface area contributed by atoms with Crippen LogP contribution in [0.2, 0.25) is 0 Å². The van der Waals surface area contributed by atoms with Gasteiger partial charge in [-0.1, -0.05) is 25.1 Å². The van der Waals surface area contributed by atoms with Crippen LogP contribution in [0.5, 0.6) is 0 Å². The van der Waals surface area contributed by atoms with E-state index < -0.39 is 17.7 Å². The van der Waals surface area contributed by atoms with E-state index in [0.29, 0.717) is 11.8 Å². The lowest BCUT2D eigenvalue weighted by atomic mass is 10.0. The van der Waals surface area contributed by atoms with E-state index in [2.05, 4.69) is 15.5 Å². The average Bonchev–Trinajstić information content (AvgIpc) is 3.26. The lowest BCUT2D eigenvalue weighted by molar-refractivity contribution is 0.156. The third-order valence-electron chi connectivity index (χ3n) is 4.19. The number of aromatic nitrogens is 2. The molecule has 0 aliphatic heterocycles. The van der Waals surface area contributed by atoms with Gasteiger partial charge in [0.15, 0.2) is 5.82 Å². The standard InChI is InChI=1S/C17H21F2N3O2/c1-9(2)15(17-21-16(22-24-17)10-3-4-10)20-8-14(23)12-6-5-11(18)7-13(12)19/h5-7,9-10,14-15,20,23H,3-4,8H2,1-2H3. The zero-order chi connectivity index (χ0) is 17.3. The van der Waals surface area contributed by atoms with Crippen molar-refractivity contribution in [3.63, 3.8) is 0 Å². The van der Waals surface area contributed by atoms with Crippen LogP contribution in [0, 0.1) is 17.6 Å². The summed E-state index contributed by atoms with van der Waals surface area (Å²) in [7, 11) is 0. The minimum absolute atomic E-state index is 0.0515. The maximum Gasteiger partial charge on any atom is 0.244 e. The van der Waals surface area contributed by atoms with Gasteiger partial charge < -0.3 is 14.9 Å². The first-order valence-corrected chi connectivity index (χ1v) is 8.15. The van der Waals surface area contributed by atoms with Crippen molar-refractivity contribution >= 4 is 0 Å². The first-order chi connectivity index (χ1) is 11.5. The number of nitrogens with one attached hydrogen (secondary N) is 1. The SMILES string of the molecule is CC(C)C(NCC(O)c1ccc(F)cc1F)c1nc(C2CC2)no1. The van der Waals surface area contributed by atoms with Crippen molar-refractivity contribution < 1.29 is 18.4 Å². The number of hydrogen-bond acceptors (Lipinski definition) is 5. The van der Waals surface area contributed by atoms with Crippen molar-refractivity contribution in [3.05, 3.63) is 47.1 Å². The normalized spacial score (nSPS) is 17.2. The molecule has 5 nitrogen and oxygen atoms in total. The summed E-state index contributed by atoms with van der Waals surface area (Å²) in [6.45, 7) is 4.07. The molecule has 2 N–H and O–H groups in total. The van der Waals surface area contributed by atoms with Gasteiger partial charge in [-0.2, -0.15) is 4.98 Å². The molecular weight excluding hydrogens is 316 g/mol. The van der Waals surface area contributed by atoms with E-state index in [4.69, 9.17) is 4.52 Å². The van der Waals surface area contributed by atoms with E-state index in [9.17, 15) is 13.9 Å². The van der Waals surface area contributed by atoms with Gasteiger partial charge in [-0.15, -0.1) is 0 Å². The summed E-state index contributed by atoms with van der Waals surface area (Å²) in [5.41, 5.74) is 0.0515. The Bertz CT molecular complexity index is 701. The molecule has 1 heterocycles. The van der Waals surface area contributed by atoms with Gasteiger partial charge in [-0.25, -0.2) is 8.78 Å². The summed E-state index contributed by atoms with van der Waals surface area (Å²) >= 11 is 0. The van der Waals surface area contributed by atoms with Gasteiger partial charge in [0, 0.05) is 24.1 Å². The molecule has 3 rings (SSSR count). The molecule has 1 saturated carbocycles. The lowest BCUT2D eigenvalue weighted by Crippen LogP contribution is -2.30. The van der Waals surface area contributed by atoms with Gasteiger partial charge in [-0.05, 0) is 24.8 Å². The lowest BCUT2D eigenvalue weighted by Gasteiger charge is -2.21. The highest BCUT2D eigenvalue weighted by Gasteiger charge is 2.31. The summed E-state index contributed by atoms with van der Waals surface area (Å²) in [6.07, 6.45) is 1.07. The maximum absolute atomic E-state index is 13.7. The summed E-state index contributed by atoms with van der Waals surface area (Å²) < 4.78 is 32.0. The molecule has 1 aliphatic rings. The van der Waals surface area contributed by atoms with E-state index >= 15 is 0 Å². The van der Waals surface area contributed by atoms with Crippen molar-refractivity contribution in [2.75, 3.05) is 6.54 Å². The number of nitrogens with zero attached hydrogens (tertiary/aromatic N) is 2. The molecule has 24 heavy (non-hydrogen) atoms. The smallest absolute Gasteiger partial charge is 0.244 e. The molecule has 0 bridgehead atoms. The van der Waals surface area contributed by atoms with Crippen LogP contribution in [0.15, 0.2) is 22.7 Å². The van der Waals surface area contributed by atoms with Crippen LogP contribution in [-0.2, 0) is 0 Å². The minimum Gasteiger partial charge on any atom is -0.387 e. The second-order valence-electron chi connectivity index (χ2n) is 6.58. The first-order valence-electron chi connectivity index (χ1n) is 8.15. The fraction of sp³-hybridized carbons (Fsp3) is 0.529. The van der Waals surface area contributed by atoms with Crippen molar-refractivity contribution in [1.82, 2.24) is 15.5 Å². The van der Waals surface area contributed by atoms with Crippen LogP contribution in [0.3, 0.4) is 0 Å². The predicted molar refractivity (Wildman–Crippen MR) is 83.2 cm³/mol. The van der Waals surface area contributed by atoms with Crippen molar-refractivity contribution in [1.29, 1.82) is 0 Å². The molecule has 0 radical (unpaired) electrons. The number of aliphatic hydroxyl groups excluding tert-OH is 1. The summed E-state index contributed by atoms with van der Waals surface area (Å²) in [6, 6.07) is 2.89. The molecule has 0 amide bonds. The van der Waals surface area contributed by atoms with Crippen molar-refractivity contribution in [2.24, 2.45) is 5.92 Å². The summed E-state index contributed by atoms with van der Waals surface area (Å²) in [5, 5.41) is 17.3. The molecule has 2 aromatic rings. The molecule has 2 unspecified atom stereocenters. The van der Waals surface area contributed by atoms with Gasteiger partial charge in [0.05, 0.1) is 12.1 Å². The highest BCUT2D eigenvalue weighted by Crippen LogP contribution is 2.38. The minimum atomic E-state index is -1.10. The Morgan fingerprint density at radius 3 is 2.71 bits per heavy atom. The van der Waals surface area contributed by atoms with Crippen molar-refractivity contribution in [2.45, 2.75) is 44.8 Å². The molecule has 0 spiro atoms. The molecule has 1 fully saturated rings. The third-order valence-corrected chi connectivity index (χ3v) is 4.19. The number of rotatable bonds is 7. The maximum atomic E-state index is 13.7. The topological polar surface area (TPSA) is 71.2 Å². The van der Waals surface area contributed by atoms with E-state index in [-0.39, 0.29) is 24.1 Å². The van der Waals surface area contributed by atoms with Gasteiger partial charge in [0.1, 0.15) is 11.6 Å². The van der Waals surface area contributed by atoms with Gasteiger partial charge in [0.25, 0.3) is 0 Å². The van der Waals surface area contributed by atoms with Gasteiger partial charge in [0.2, 0.25) is 5.89 Å².